The van der Waals surface area contributed by atoms with Crippen LogP contribution in [-0.2, 0) is 0 Å². The maximum absolute atomic E-state index is 6.86. The van der Waals surface area contributed by atoms with Gasteiger partial charge in [-0.25, -0.2) is 0 Å². The summed E-state index contributed by atoms with van der Waals surface area (Å²) in [5, 5.41) is 9.75. The third-order valence-electron chi connectivity index (χ3n) is 9.84. The largest absolute Gasteiger partial charge is 0.455 e. The topological polar surface area (TPSA) is 9.23 Å². The van der Waals surface area contributed by atoms with Crippen LogP contribution < -0.4 is 4.74 Å². The van der Waals surface area contributed by atoms with Gasteiger partial charge in [-0.05, 0) is 77.7 Å². The van der Waals surface area contributed by atoms with Crippen molar-refractivity contribution in [2.24, 2.45) is 0 Å². The Hall–Kier alpha value is -6.18. The summed E-state index contributed by atoms with van der Waals surface area (Å²) < 4.78 is 6.86. The van der Waals surface area contributed by atoms with Crippen molar-refractivity contribution >= 4 is 43.1 Å². The van der Waals surface area contributed by atoms with E-state index in [2.05, 4.69) is 170 Å². The number of ether oxygens (including phenoxy) is 1. The molecule has 0 spiro atoms. The minimum Gasteiger partial charge on any atom is -0.455 e. The summed E-state index contributed by atoms with van der Waals surface area (Å²) in [6, 6.07) is 61.5. The lowest BCUT2D eigenvalue weighted by atomic mass is 9.83. The first-order valence-electron chi connectivity index (χ1n) is 16.2. The zero-order valence-electron chi connectivity index (χ0n) is 25.6. The monoisotopic (exact) mass is 596 g/mol. The van der Waals surface area contributed by atoms with Crippen LogP contribution in [-0.4, -0.2) is 0 Å². The number of hydrogen-bond donors (Lipinski definition) is 0. The zero-order chi connectivity index (χ0) is 30.9. The summed E-state index contributed by atoms with van der Waals surface area (Å²) in [5.41, 5.74) is 9.61. The normalized spacial score (nSPS) is 12.0. The van der Waals surface area contributed by atoms with E-state index in [0.717, 1.165) is 22.6 Å². The number of fused-ring (bicyclic) bond motifs is 5. The Labute approximate surface area is 272 Å². The Kier molecular flexibility index (Phi) is 5.64. The van der Waals surface area contributed by atoms with E-state index in [1.54, 1.807) is 0 Å². The van der Waals surface area contributed by atoms with Gasteiger partial charge >= 0.3 is 0 Å². The Morgan fingerprint density at radius 3 is 1.60 bits per heavy atom. The van der Waals surface area contributed by atoms with Crippen molar-refractivity contribution in [3.05, 3.63) is 170 Å². The Bertz CT molecular complexity index is 2640. The molecule has 0 N–H and O–H groups in total. The Balaban J connectivity index is 1.29. The van der Waals surface area contributed by atoms with Crippen LogP contribution in [0, 0.1) is 0 Å². The molecule has 0 aromatic heterocycles. The molecular weight excluding hydrogens is 569 g/mol. The second-order valence-electron chi connectivity index (χ2n) is 12.4. The molecule has 10 rings (SSSR count). The Morgan fingerprint density at radius 2 is 0.872 bits per heavy atom. The molecule has 1 nitrogen and oxygen atoms in total. The van der Waals surface area contributed by atoms with Crippen molar-refractivity contribution in [2.45, 2.75) is 0 Å². The molecule has 0 fully saturated rings. The summed E-state index contributed by atoms with van der Waals surface area (Å²) in [7, 11) is 0. The highest BCUT2D eigenvalue weighted by molar-refractivity contribution is 6.24. The fourth-order valence-corrected chi connectivity index (χ4v) is 7.79. The molecule has 1 aliphatic heterocycles. The van der Waals surface area contributed by atoms with Crippen molar-refractivity contribution in [3.63, 3.8) is 0 Å². The van der Waals surface area contributed by atoms with Crippen LogP contribution in [0.3, 0.4) is 0 Å². The van der Waals surface area contributed by atoms with Gasteiger partial charge < -0.3 is 4.74 Å². The first kappa shape index (κ1) is 26.1. The van der Waals surface area contributed by atoms with Gasteiger partial charge in [0, 0.05) is 22.1 Å². The van der Waals surface area contributed by atoms with E-state index in [4.69, 9.17) is 4.74 Å². The first-order valence-corrected chi connectivity index (χ1v) is 16.2. The molecule has 0 aliphatic carbocycles. The Morgan fingerprint density at radius 1 is 0.319 bits per heavy atom. The van der Waals surface area contributed by atoms with E-state index in [1.807, 2.05) is 0 Å². The van der Waals surface area contributed by atoms with Crippen LogP contribution in [0.15, 0.2) is 170 Å². The SMILES string of the molecule is c1ccc(-c2ccc3cccc(-c4c5ccccc5c(-c5cccc6c5Oc5cccc7cccc-6c57)c5ccccc45)c3c2)cc1. The molecule has 218 valence electrons. The van der Waals surface area contributed by atoms with Crippen LogP contribution in [0.2, 0.25) is 0 Å². The maximum Gasteiger partial charge on any atom is 0.143 e. The lowest BCUT2D eigenvalue weighted by Crippen LogP contribution is -2.00. The number of hydrogen-bond acceptors (Lipinski definition) is 1. The van der Waals surface area contributed by atoms with Gasteiger partial charge in [-0.1, -0.05) is 158 Å². The maximum atomic E-state index is 6.86. The van der Waals surface area contributed by atoms with Gasteiger partial charge in [-0.15, -0.1) is 0 Å². The molecule has 0 atom stereocenters. The summed E-state index contributed by atoms with van der Waals surface area (Å²) in [5.74, 6) is 1.83. The third kappa shape index (κ3) is 3.90. The van der Waals surface area contributed by atoms with E-state index in [1.165, 1.54) is 76.5 Å². The predicted octanol–water partition coefficient (Wildman–Crippen LogP) is 13.1. The first-order chi connectivity index (χ1) is 23.3. The van der Waals surface area contributed by atoms with Crippen molar-refractivity contribution < 1.29 is 4.74 Å². The highest BCUT2D eigenvalue weighted by atomic mass is 16.5. The molecule has 0 saturated carbocycles. The van der Waals surface area contributed by atoms with E-state index in [0.29, 0.717) is 0 Å². The van der Waals surface area contributed by atoms with Crippen molar-refractivity contribution in [1.29, 1.82) is 0 Å². The van der Waals surface area contributed by atoms with Gasteiger partial charge in [-0.2, -0.15) is 0 Å². The van der Waals surface area contributed by atoms with Gasteiger partial charge in [0.1, 0.15) is 11.5 Å². The molecule has 1 heterocycles. The predicted molar refractivity (Wildman–Crippen MR) is 198 cm³/mol. The standard InChI is InChI=1S/C46H28O/c1-2-12-29(13-3-1)32-27-26-30-14-8-22-38(41(30)28-32)44-33-17-4-6-19-35(33)45(36-20-7-5-18-34(36)44)40-24-11-23-39-37-21-9-15-31-16-10-25-42(43(31)37)47-46(39)40/h1-28H. The van der Waals surface area contributed by atoms with E-state index in [-0.39, 0.29) is 0 Å². The van der Waals surface area contributed by atoms with Gasteiger partial charge in [0.25, 0.3) is 0 Å². The van der Waals surface area contributed by atoms with Crippen molar-refractivity contribution in [1.82, 2.24) is 0 Å². The fourth-order valence-electron chi connectivity index (χ4n) is 7.79. The quantitative estimate of drug-likeness (QED) is 0.184. The molecule has 9 aromatic rings. The summed E-state index contributed by atoms with van der Waals surface area (Å²) >= 11 is 0. The van der Waals surface area contributed by atoms with Crippen molar-refractivity contribution in [3.8, 4) is 56.0 Å². The minimum absolute atomic E-state index is 0.910. The average Bonchev–Trinajstić information content (AvgIpc) is 3.14. The number of rotatable bonds is 3. The fraction of sp³-hybridized carbons (Fsp3) is 0. The molecule has 1 heteroatoms. The highest BCUT2D eigenvalue weighted by Crippen LogP contribution is 2.53. The molecule has 0 bridgehead atoms. The van der Waals surface area contributed by atoms with Crippen LogP contribution >= 0.6 is 0 Å². The minimum atomic E-state index is 0.910. The smallest absolute Gasteiger partial charge is 0.143 e. The summed E-state index contributed by atoms with van der Waals surface area (Å²) in [6.45, 7) is 0. The second-order valence-corrected chi connectivity index (χ2v) is 12.4. The van der Waals surface area contributed by atoms with E-state index < -0.39 is 0 Å². The summed E-state index contributed by atoms with van der Waals surface area (Å²) in [6.07, 6.45) is 0. The van der Waals surface area contributed by atoms with Crippen LogP contribution in [0.4, 0.5) is 0 Å². The van der Waals surface area contributed by atoms with Crippen LogP contribution in [0.5, 0.6) is 11.5 Å². The van der Waals surface area contributed by atoms with E-state index in [9.17, 15) is 0 Å². The molecular formula is C46H28O. The molecule has 47 heavy (non-hydrogen) atoms. The molecule has 0 radical (unpaired) electrons. The lowest BCUT2D eigenvalue weighted by molar-refractivity contribution is 0.489. The van der Waals surface area contributed by atoms with Gasteiger partial charge in [0.2, 0.25) is 0 Å². The average molecular weight is 597 g/mol. The third-order valence-corrected chi connectivity index (χ3v) is 9.84. The molecule has 0 saturated heterocycles. The number of para-hydroxylation sites is 1. The van der Waals surface area contributed by atoms with Gasteiger partial charge in [0.15, 0.2) is 0 Å². The highest BCUT2D eigenvalue weighted by Gasteiger charge is 2.25. The van der Waals surface area contributed by atoms with Crippen molar-refractivity contribution in [2.75, 3.05) is 0 Å². The second kappa shape index (κ2) is 10.2. The lowest BCUT2D eigenvalue weighted by Gasteiger charge is -2.25. The van der Waals surface area contributed by atoms with Gasteiger partial charge in [0.05, 0.1) is 0 Å². The van der Waals surface area contributed by atoms with E-state index >= 15 is 0 Å². The molecule has 0 unspecified atom stereocenters. The van der Waals surface area contributed by atoms with Gasteiger partial charge in [-0.3, -0.25) is 0 Å². The molecule has 0 amide bonds. The molecule has 9 aromatic carbocycles. The van der Waals surface area contributed by atoms with Crippen LogP contribution in [0.25, 0.3) is 87.6 Å². The molecule has 1 aliphatic rings. The van der Waals surface area contributed by atoms with Crippen LogP contribution in [0.1, 0.15) is 0 Å². The summed E-state index contributed by atoms with van der Waals surface area (Å²) in [4.78, 5) is 0. The number of benzene rings is 9. The zero-order valence-corrected chi connectivity index (χ0v) is 25.6.